The van der Waals surface area contributed by atoms with Crippen molar-refractivity contribution in [1.82, 2.24) is 15.5 Å². The van der Waals surface area contributed by atoms with Gasteiger partial charge in [-0.1, -0.05) is 12.1 Å². The second-order valence-electron chi connectivity index (χ2n) is 4.19. The standard InChI is InChI=1S/C13H12F3N3O2/c1-21-9-4-2-8(3-5-9)11(13(14,15)16)18-12(20)10-6-7-17-19-10/h2-7,11H,1H3,(H,17,19)(H,18,20). The minimum Gasteiger partial charge on any atom is -0.497 e. The Morgan fingerprint density at radius 3 is 2.43 bits per heavy atom. The monoisotopic (exact) mass is 299 g/mol. The zero-order valence-electron chi connectivity index (χ0n) is 10.9. The van der Waals surface area contributed by atoms with E-state index >= 15 is 0 Å². The van der Waals surface area contributed by atoms with Gasteiger partial charge < -0.3 is 10.1 Å². The van der Waals surface area contributed by atoms with E-state index in [0.29, 0.717) is 5.75 Å². The fraction of sp³-hybridized carbons (Fsp3) is 0.231. The van der Waals surface area contributed by atoms with Gasteiger partial charge in [-0.2, -0.15) is 18.3 Å². The number of methoxy groups -OCH3 is 1. The topological polar surface area (TPSA) is 67.0 Å². The largest absolute Gasteiger partial charge is 0.497 e. The Labute approximate surface area is 118 Å². The van der Waals surface area contributed by atoms with Crippen LogP contribution in [0.3, 0.4) is 0 Å². The Balaban J connectivity index is 2.24. The first kappa shape index (κ1) is 14.9. The molecule has 112 valence electrons. The Bertz CT molecular complexity index is 594. The summed E-state index contributed by atoms with van der Waals surface area (Å²) in [7, 11) is 1.41. The lowest BCUT2D eigenvalue weighted by atomic mass is 10.1. The van der Waals surface area contributed by atoms with Crippen LogP contribution in [0.25, 0.3) is 0 Å². The number of halogens is 3. The van der Waals surface area contributed by atoms with Crippen LogP contribution >= 0.6 is 0 Å². The summed E-state index contributed by atoms with van der Waals surface area (Å²) in [6.07, 6.45) is -3.34. The van der Waals surface area contributed by atoms with Gasteiger partial charge in [0.1, 0.15) is 11.4 Å². The summed E-state index contributed by atoms with van der Waals surface area (Å²) in [5.41, 5.74) is -0.131. The number of hydrogen-bond acceptors (Lipinski definition) is 3. The SMILES string of the molecule is COc1ccc(C(NC(=O)c2ccn[nH]2)C(F)(F)F)cc1. The first-order chi connectivity index (χ1) is 9.91. The first-order valence-electron chi connectivity index (χ1n) is 5.92. The molecular weight excluding hydrogens is 287 g/mol. The molecule has 2 aromatic rings. The van der Waals surface area contributed by atoms with Crippen LogP contribution in [0.2, 0.25) is 0 Å². The van der Waals surface area contributed by atoms with Crippen molar-refractivity contribution in [3.63, 3.8) is 0 Å². The molecule has 5 nitrogen and oxygen atoms in total. The van der Waals surface area contributed by atoms with E-state index in [0.717, 1.165) is 0 Å². The summed E-state index contributed by atoms with van der Waals surface area (Å²) in [5.74, 6) is -0.454. The van der Waals surface area contributed by atoms with Gasteiger partial charge in [-0.15, -0.1) is 0 Å². The number of aromatic nitrogens is 2. The van der Waals surface area contributed by atoms with Crippen molar-refractivity contribution in [2.45, 2.75) is 12.2 Å². The molecular formula is C13H12F3N3O2. The van der Waals surface area contributed by atoms with E-state index in [1.807, 2.05) is 5.32 Å². The number of aromatic amines is 1. The van der Waals surface area contributed by atoms with Crippen molar-refractivity contribution in [3.8, 4) is 5.75 Å². The van der Waals surface area contributed by atoms with Crippen molar-refractivity contribution < 1.29 is 22.7 Å². The Morgan fingerprint density at radius 1 is 1.29 bits per heavy atom. The maximum absolute atomic E-state index is 13.1. The number of carbonyl (C=O) groups excluding carboxylic acids is 1. The average Bonchev–Trinajstić information content (AvgIpc) is 2.98. The molecule has 0 radical (unpaired) electrons. The van der Waals surface area contributed by atoms with Crippen molar-refractivity contribution in [2.75, 3.05) is 7.11 Å². The second-order valence-corrected chi connectivity index (χ2v) is 4.19. The molecule has 0 bridgehead atoms. The molecule has 1 atom stereocenters. The Hall–Kier alpha value is -2.51. The van der Waals surface area contributed by atoms with Gasteiger partial charge in [0, 0.05) is 6.20 Å². The third-order valence-corrected chi connectivity index (χ3v) is 2.80. The van der Waals surface area contributed by atoms with Crippen LogP contribution in [0.15, 0.2) is 36.5 Å². The number of nitrogens with one attached hydrogen (secondary N) is 2. The van der Waals surface area contributed by atoms with E-state index in [-0.39, 0.29) is 11.3 Å². The molecule has 0 saturated heterocycles. The van der Waals surface area contributed by atoms with E-state index < -0.39 is 18.1 Å². The normalized spacial score (nSPS) is 12.8. The minimum atomic E-state index is -4.62. The highest BCUT2D eigenvalue weighted by molar-refractivity contribution is 5.92. The lowest BCUT2D eigenvalue weighted by Gasteiger charge is -2.22. The molecule has 0 spiro atoms. The number of ether oxygens (including phenoxy) is 1. The van der Waals surface area contributed by atoms with Crippen LogP contribution in [0, 0.1) is 0 Å². The molecule has 1 unspecified atom stereocenters. The second kappa shape index (κ2) is 5.86. The fourth-order valence-corrected chi connectivity index (χ4v) is 1.74. The third kappa shape index (κ3) is 3.53. The van der Waals surface area contributed by atoms with Crippen molar-refractivity contribution in [1.29, 1.82) is 0 Å². The highest BCUT2D eigenvalue weighted by Gasteiger charge is 2.42. The molecule has 1 heterocycles. The van der Waals surface area contributed by atoms with E-state index in [2.05, 4.69) is 10.2 Å². The number of nitrogens with zero attached hydrogens (tertiary/aromatic N) is 1. The first-order valence-corrected chi connectivity index (χ1v) is 5.92. The van der Waals surface area contributed by atoms with Gasteiger partial charge in [0.05, 0.1) is 7.11 Å². The molecule has 0 aliphatic carbocycles. The van der Waals surface area contributed by atoms with E-state index in [1.54, 1.807) is 0 Å². The van der Waals surface area contributed by atoms with Crippen LogP contribution in [-0.2, 0) is 0 Å². The summed E-state index contributed by atoms with van der Waals surface area (Å²) < 4.78 is 44.2. The number of amides is 1. The van der Waals surface area contributed by atoms with Gasteiger partial charge in [0.25, 0.3) is 5.91 Å². The predicted molar refractivity (Wildman–Crippen MR) is 67.8 cm³/mol. The number of alkyl halides is 3. The molecule has 1 amide bonds. The number of carbonyl (C=O) groups is 1. The highest BCUT2D eigenvalue weighted by Crippen LogP contribution is 2.33. The Kier molecular flexibility index (Phi) is 4.15. The van der Waals surface area contributed by atoms with Crippen LogP contribution in [-0.4, -0.2) is 29.4 Å². The summed E-state index contributed by atoms with van der Waals surface area (Å²) in [6, 6.07) is 4.48. The predicted octanol–water partition coefficient (Wildman–Crippen LogP) is 2.45. The molecule has 0 aliphatic rings. The minimum absolute atomic E-state index is 0.0437. The highest BCUT2D eigenvalue weighted by atomic mass is 19.4. The summed E-state index contributed by atoms with van der Waals surface area (Å²) in [6.45, 7) is 0. The maximum atomic E-state index is 13.1. The molecule has 21 heavy (non-hydrogen) atoms. The summed E-state index contributed by atoms with van der Waals surface area (Å²) in [5, 5.41) is 7.78. The quantitative estimate of drug-likeness (QED) is 0.911. The molecule has 2 N–H and O–H groups in total. The lowest BCUT2D eigenvalue weighted by molar-refractivity contribution is -0.155. The van der Waals surface area contributed by atoms with Crippen molar-refractivity contribution in [3.05, 3.63) is 47.8 Å². The number of hydrogen-bond donors (Lipinski definition) is 2. The van der Waals surface area contributed by atoms with Gasteiger partial charge in [-0.25, -0.2) is 0 Å². The molecule has 8 heteroatoms. The van der Waals surface area contributed by atoms with Gasteiger partial charge >= 0.3 is 6.18 Å². The van der Waals surface area contributed by atoms with Gasteiger partial charge in [-0.3, -0.25) is 9.89 Å². The van der Waals surface area contributed by atoms with Crippen LogP contribution < -0.4 is 10.1 Å². The van der Waals surface area contributed by atoms with Crippen LogP contribution in [0.4, 0.5) is 13.2 Å². The van der Waals surface area contributed by atoms with Crippen molar-refractivity contribution in [2.24, 2.45) is 0 Å². The fourth-order valence-electron chi connectivity index (χ4n) is 1.74. The van der Waals surface area contributed by atoms with Crippen LogP contribution in [0.5, 0.6) is 5.75 Å². The van der Waals surface area contributed by atoms with Gasteiger partial charge in [-0.05, 0) is 23.8 Å². The van der Waals surface area contributed by atoms with Gasteiger partial charge in [0.15, 0.2) is 6.04 Å². The van der Waals surface area contributed by atoms with Crippen molar-refractivity contribution >= 4 is 5.91 Å². The van der Waals surface area contributed by atoms with Gasteiger partial charge in [0.2, 0.25) is 0 Å². The number of benzene rings is 1. The van der Waals surface area contributed by atoms with Crippen LogP contribution in [0.1, 0.15) is 22.1 Å². The van der Waals surface area contributed by atoms with E-state index in [1.165, 1.54) is 43.6 Å². The Morgan fingerprint density at radius 2 is 1.95 bits per heavy atom. The average molecular weight is 299 g/mol. The smallest absolute Gasteiger partial charge is 0.412 e. The zero-order valence-corrected chi connectivity index (χ0v) is 10.9. The molecule has 1 aromatic heterocycles. The third-order valence-electron chi connectivity index (χ3n) is 2.80. The van der Waals surface area contributed by atoms with E-state index in [4.69, 9.17) is 4.74 Å². The zero-order chi connectivity index (χ0) is 15.5. The molecule has 0 fully saturated rings. The maximum Gasteiger partial charge on any atom is 0.412 e. The molecule has 1 aromatic carbocycles. The van der Waals surface area contributed by atoms with E-state index in [9.17, 15) is 18.0 Å². The lowest BCUT2D eigenvalue weighted by Crippen LogP contribution is -2.38. The number of rotatable bonds is 4. The molecule has 0 aliphatic heterocycles. The summed E-state index contributed by atoms with van der Waals surface area (Å²) >= 11 is 0. The summed E-state index contributed by atoms with van der Waals surface area (Å²) in [4.78, 5) is 11.8. The number of H-pyrrole nitrogens is 1. The molecule has 0 saturated carbocycles. The molecule has 2 rings (SSSR count).